The van der Waals surface area contributed by atoms with Crippen LogP contribution in [0.1, 0.15) is 18.1 Å². The van der Waals surface area contributed by atoms with Crippen molar-refractivity contribution in [2.75, 3.05) is 0 Å². The Balaban J connectivity index is 0.000000292. The van der Waals surface area contributed by atoms with Gasteiger partial charge in [-0.15, -0.1) is 0 Å². The van der Waals surface area contributed by atoms with E-state index in [-0.39, 0.29) is 0 Å². The molecule has 0 N–H and O–H groups in total. The first-order valence-corrected chi connectivity index (χ1v) is 3.64. The lowest BCUT2D eigenvalue weighted by molar-refractivity contribution is -0.106. The van der Waals surface area contributed by atoms with Crippen LogP contribution in [0.15, 0.2) is 24.3 Å². The molecule has 1 nitrogen and oxygen atoms in total. The Labute approximate surface area is 68.1 Å². The molecule has 0 amide bonds. The van der Waals surface area contributed by atoms with Crippen molar-refractivity contribution in [3.05, 3.63) is 35.4 Å². The maximum atomic E-state index is 8.81. The molecule has 11 heavy (non-hydrogen) atoms. The molecule has 0 fully saturated rings. The standard InChI is InChI=1S/C8H10.C2H4O/c1-7-5-3-4-6-8(7)2;1-2-3/h3-6H,1-2H3;2H,1H3. The van der Waals surface area contributed by atoms with Crippen LogP contribution in [0.4, 0.5) is 0 Å². The largest absolute Gasteiger partial charge is 0.304 e. The van der Waals surface area contributed by atoms with Crippen LogP contribution in [0, 0.1) is 13.8 Å². The summed E-state index contributed by atoms with van der Waals surface area (Å²) in [5.74, 6) is 0. The van der Waals surface area contributed by atoms with Gasteiger partial charge in [-0.1, -0.05) is 24.3 Å². The van der Waals surface area contributed by atoms with Gasteiger partial charge in [0.2, 0.25) is 0 Å². The summed E-state index contributed by atoms with van der Waals surface area (Å²) in [6, 6.07) is 8.36. The van der Waals surface area contributed by atoms with Crippen molar-refractivity contribution >= 4 is 6.29 Å². The van der Waals surface area contributed by atoms with Gasteiger partial charge >= 0.3 is 0 Å². The molecule has 1 rings (SSSR count). The fourth-order valence-electron chi connectivity index (χ4n) is 0.663. The third-order valence-electron chi connectivity index (χ3n) is 1.43. The summed E-state index contributed by atoms with van der Waals surface area (Å²) in [5.41, 5.74) is 2.74. The van der Waals surface area contributed by atoms with Crippen LogP contribution in [0.3, 0.4) is 0 Å². The third kappa shape index (κ3) is 4.31. The van der Waals surface area contributed by atoms with E-state index < -0.39 is 0 Å². The van der Waals surface area contributed by atoms with Gasteiger partial charge in [-0.25, -0.2) is 0 Å². The van der Waals surface area contributed by atoms with E-state index in [1.54, 1.807) is 0 Å². The van der Waals surface area contributed by atoms with Gasteiger partial charge in [-0.2, -0.15) is 0 Å². The summed E-state index contributed by atoms with van der Waals surface area (Å²) >= 11 is 0. The molecule has 0 heterocycles. The highest BCUT2D eigenvalue weighted by atomic mass is 16.1. The molecule has 0 bridgehead atoms. The third-order valence-corrected chi connectivity index (χ3v) is 1.43. The molecule has 1 heteroatoms. The Morgan fingerprint density at radius 2 is 1.36 bits per heavy atom. The molecule has 60 valence electrons. The summed E-state index contributed by atoms with van der Waals surface area (Å²) < 4.78 is 0. The van der Waals surface area contributed by atoms with Crippen LogP contribution in [-0.2, 0) is 4.79 Å². The second kappa shape index (κ2) is 5.66. The number of hydrogen-bond donors (Lipinski definition) is 0. The minimum absolute atomic E-state index is 0.750. The second-order valence-electron chi connectivity index (χ2n) is 2.32. The molecule has 0 aromatic heterocycles. The van der Waals surface area contributed by atoms with Crippen LogP contribution in [0.25, 0.3) is 0 Å². The van der Waals surface area contributed by atoms with E-state index in [1.807, 2.05) is 0 Å². The van der Waals surface area contributed by atoms with Crippen LogP contribution < -0.4 is 0 Å². The summed E-state index contributed by atoms with van der Waals surface area (Å²) in [6.07, 6.45) is 0.750. The molecular weight excluding hydrogens is 136 g/mol. The zero-order valence-electron chi connectivity index (χ0n) is 7.29. The zero-order chi connectivity index (χ0) is 8.69. The fourth-order valence-corrected chi connectivity index (χ4v) is 0.663. The maximum Gasteiger partial charge on any atom is 0.116 e. The summed E-state index contributed by atoms with van der Waals surface area (Å²) in [4.78, 5) is 8.81. The van der Waals surface area contributed by atoms with Crippen molar-refractivity contribution in [3.63, 3.8) is 0 Å². The average Bonchev–Trinajstić information content (AvgIpc) is 1.97. The van der Waals surface area contributed by atoms with Gasteiger partial charge in [-0.3, -0.25) is 0 Å². The molecular formula is C10H14O. The molecule has 1 aromatic rings. The van der Waals surface area contributed by atoms with Gasteiger partial charge < -0.3 is 4.79 Å². The minimum Gasteiger partial charge on any atom is -0.304 e. The van der Waals surface area contributed by atoms with Crippen LogP contribution in [-0.4, -0.2) is 6.29 Å². The van der Waals surface area contributed by atoms with E-state index in [2.05, 4.69) is 38.1 Å². The monoisotopic (exact) mass is 150 g/mol. The Hall–Kier alpha value is -1.11. The van der Waals surface area contributed by atoms with Crippen molar-refractivity contribution in [2.24, 2.45) is 0 Å². The lowest BCUT2D eigenvalue weighted by atomic mass is 10.1. The topological polar surface area (TPSA) is 17.1 Å². The van der Waals surface area contributed by atoms with Crippen LogP contribution in [0.5, 0.6) is 0 Å². The first kappa shape index (κ1) is 9.89. The molecule has 0 atom stereocenters. The number of hydrogen-bond acceptors (Lipinski definition) is 1. The van der Waals surface area contributed by atoms with Crippen molar-refractivity contribution in [2.45, 2.75) is 20.8 Å². The fraction of sp³-hybridized carbons (Fsp3) is 0.300. The number of aryl methyl sites for hydroxylation is 2. The van der Waals surface area contributed by atoms with E-state index in [0.29, 0.717) is 0 Å². The SMILES string of the molecule is CC=O.Cc1ccccc1C. The zero-order valence-corrected chi connectivity index (χ0v) is 7.29. The Morgan fingerprint density at radius 3 is 1.55 bits per heavy atom. The molecule has 0 spiro atoms. The average molecular weight is 150 g/mol. The van der Waals surface area contributed by atoms with Crippen molar-refractivity contribution in [1.82, 2.24) is 0 Å². The molecule has 0 radical (unpaired) electrons. The molecule has 1 aromatic carbocycles. The van der Waals surface area contributed by atoms with Crippen molar-refractivity contribution in [3.8, 4) is 0 Å². The predicted octanol–water partition coefficient (Wildman–Crippen LogP) is 2.51. The van der Waals surface area contributed by atoms with Crippen molar-refractivity contribution in [1.29, 1.82) is 0 Å². The number of rotatable bonds is 0. The van der Waals surface area contributed by atoms with Crippen molar-refractivity contribution < 1.29 is 4.79 Å². The Bertz CT molecular complexity index is 195. The van der Waals surface area contributed by atoms with E-state index in [0.717, 1.165) is 6.29 Å². The number of carbonyl (C=O) groups excluding carboxylic acids is 1. The highest BCUT2D eigenvalue weighted by Crippen LogP contribution is 2.02. The van der Waals surface area contributed by atoms with E-state index >= 15 is 0 Å². The van der Waals surface area contributed by atoms with Gasteiger partial charge in [0.05, 0.1) is 0 Å². The quantitative estimate of drug-likeness (QED) is 0.519. The summed E-state index contributed by atoms with van der Waals surface area (Å²) in [7, 11) is 0. The predicted molar refractivity (Wildman–Crippen MR) is 47.7 cm³/mol. The second-order valence-corrected chi connectivity index (χ2v) is 2.32. The first-order chi connectivity index (χ1) is 5.22. The maximum absolute atomic E-state index is 8.81. The highest BCUT2D eigenvalue weighted by molar-refractivity contribution is 5.44. The normalized spacial score (nSPS) is 7.91. The molecule has 0 saturated carbocycles. The van der Waals surface area contributed by atoms with Crippen LogP contribution in [0.2, 0.25) is 0 Å². The van der Waals surface area contributed by atoms with E-state index in [1.165, 1.54) is 18.1 Å². The van der Waals surface area contributed by atoms with Gasteiger partial charge in [0.1, 0.15) is 6.29 Å². The minimum atomic E-state index is 0.750. The van der Waals surface area contributed by atoms with E-state index in [9.17, 15) is 0 Å². The number of carbonyl (C=O) groups is 1. The number of aldehydes is 1. The first-order valence-electron chi connectivity index (χ1n) is 3.64. The Kier molecular flexibility index (Phi) is 5.09. The summed E-state index contributed by atoms with van der Waals surface area (Å²) in [5, 5.41) is 0. The Morgan fingerprint density at radius 1 is 1.09 bits per heavy atom. The molecule has 0 aliphatic carbocycles. The van der Waals surface area contributed by atoms with Gasteiger partial charge in [0, 0.05) is 0 Å². The van der Waals surface area contributed by atoms with E-state index in [4.69, 9.17) is 4.79 Å². The number of benzene rings is 1. The molecule has 0 saturated heterocycles. The van der Waals surface area contributed by atoms with Crippen LogP contribution >= 0.6 is 0 Å². The van der Waals surface area contributed by atoms with Gasteiger partial charge in [0.25, 0.3) is 0 Å². The molecule has 0 aliphatic heterocycles. The highest BCUT2D eigenvalue weighted by Gasteiger charge is 1.83. The summed E-state index contributed by atoms with van der Waals surface area (Å²) in [6.45, 7) is 5.69. The van der Waals surface area contributed by atoms with Gasteiger partial charge in [-0.05, 0) is 31.9 Å². The van der Waals surface area contributed by atoms with Gasteiger partial charge in [0.15, 0.2) is 0 Å². The smallest absolute Gasteiger partial charge is 0.116 e. The lowest BCUT2D eigenvalue weighted by Gasteiger charge is -1.93. The molecule has 0 unspecified atom stereocenters. The molecule has 0 aliphatic rings. The lowest BCUT2D eigenvalue weighted by Crippen LogP contribution is -1.74.